The van der Waals surface area contributed by atoms with E-state index in [0.29, 0.717) is 16.4 Å². The maximum Gasteiger partial charge on any atom is 0.412 e. The van der Waals surface area contributed by atoms with E-state index < -0.39 is 6.09 Å². The molecule has 156 valence electrons. The number of hydrogen-bond donors (Lipinski definition) is 1. The van der Waals surface area contributed by atoms with Crippen LogP contribution in [-0.4, -0.2) is 36.1 Å². The quantitative estimate of drug-likeness (QED) is 0.489. The molecule has 3 aromatic heterocycles. The number of ether oxygens (including phenoxy) is 1. The minimum atomic E-state index is -0.602. The summed E-state index contributed by atoms with van der Waals surface area (Å²) in [7, 11) is 2.93. The minimum absolute atomic E-state index is 0.200. The molecule has 3 heterocycles. The van der Waals surface area contributed by atoms with E-state index in [2.05, 4.69) is 20.0 Å². The number of aromatic nitrogens is 2. The van der Waals surface area contributed by atoms with Gasteiger partial charge in [0.25, 0.3) is 5.91 Å². The van der Waals surface area contributed by atoms with Crippen molar-refractivity contribution in [3.8, 4) is 11.1 Å². The molecule has 4 aromatic rings. The summed E-state index contributed by atoms with van der Waals surface area (Å²) >= 11 is 1.33. The maximum absolute atomic E-state index is 13.2. The number of anilines is 2. The number of thiophene rings is 1. The molecule has 0 aliphatic rings. The normalized spacial score (nSPS) is 10.7. The third-order valence-electron chi connectivity index (χ3n) is 4.67. The minimum Gasteiger partial charge on any atom is -0.453 e. The summed E-state index contributed by atoms with van der Waals surface area (Å²) in [5.41, 5.74) is 2.20. The van der Waals surface area contributed by atoms with Crippen LogP contribution in [0.1, 0.15) is 9.67 Å². The third kappa shape index (κ3) is 4.22. The third-order valence-corrected chi connectivity index (χ3v) is 5.72. The average Bonchev–Trinajstić information content (AvgIpc) is 3.23. The molecule has 1 aromatic carbocycles. The van der Waals surface area contributed by atoms with Crippen molar-refractivity contribution >= 4 is 44.9 Å². The Hall–Kier alpha value is -3.85. The number of carbonyl (C=O) groups excluding carboxylic acids is 2. The highest BCUT2D eigenvalue weighted by atomic mass is 32.1. The Bertz CT molecular complexity index is 1260. The number of benzene rings is 1. The number of carbonyl (C=O) groups is 2. The fourth-order valence-corrected chi connectivity index (χ4v) is 4.06. The summed E-state index contributed by atoms with van der Waals surface area (Å²) in [5, 5.41) is 3.37. The van der Waals surface area contributed by atoms with Gasteiger partial charge in [0.05, 0.1) is 16.7 Å². The number of pyridine rings is 2. The van der Waals surface area contributed by atoms with Crippen molar-refractivity contribution in [2.75, 3.05) is 24.4 Å². The lowest BCUT2D eigenvalue weighted by molar-refractivity contribution is 0.0997. The lowest BCUT2D eigenvalue weighted by Crippen LogP contribution is -2.25. The number of fused-ring (bicyclic) bond motifs is 1. The summed E-state index contributed by atoms with van der Waals surface area (Å²) in [6.45, 7) is 0. The molecule has 0 aliphatic carbocycles. The Balaban J connectivity index is 1.64. The lowest BCUT2D eigenvalue weighted by Gasteiger charge is -2.16. The zero-order valence-electron chi connectivity index (χ0n) is 16.6. The average molecular weight is 436 g/mol. The first-order chi connectivity index (χ1) is 15.0. The van der Waals surface area contributed by atoms with Crippen molar-refractivity contribution in [1.29, 1.82) is 0 Å². The highest BCUT2D eigenvalue weighted by molar-refractivity contribution is 7.21. The van der Waals surface area contributed by atoms with Crippen LogP contribution < -0.4 is 10.2 Å². The smallest absolute Gasteiger partial charge is 0.412 e. The number of methoxy groups -OCH3 is 1. The molecule has 0 saturated heterocycles. The topological polar surface area (TPSA) is 84.4 Å². The highest BCUT2D eigenvalue weighted by Gasteiger charge is 2.18. The van der Waals surface area contributed by atoms with Gasteiger partial charge in [0.15, 0.2) is 0 Å². The van der Waals surface area contributed by atoms with Crippen LogP contribution in [-0.2, 0) is 4.74 Å². The van der Waals surface area contributed by atoms with E-state index in [1.165, 1.54) is 35.5 Å². The van der Waals surface area contributed by atoms with Gasteiger partial charge in [-0.1, -0.05) is 0 Å². The van der Waals surface area contributed by atoms with Crippen molar-refractivity contribution in [3.63, 3.8) is 0 Å². The Kier molecular flexibility index (Phi) is 5.59. The highest BCUT2D eigenvalue weighted by Crippen LogP contribution is 2.34. The number of nitrogens with zero attached hydrogens (tertiary/aromatic N) is 3. The molecule has 0 aliphatic heterocycles. The van der Waals surface area contributed by atoms with E-state index in [-0.39, 0.29) is 11.7 Å². The number of nitrogens with one attached hydrogen (secondary N) is 1. The first-order valence-electron chi connectivity index (χ1n) is 9.19. The number of rotatable bonds is 4. The van der Waals surface area contributed by atoms with E-state index in [0.717, 1.165) is 21.2 Å². The predicted molar refractivity (Wildman–Crippen MR) is 118 cm³/mol. The van der Waals surface area contributed by atoms with Crippen molar-refractivity contribution in [2.24, 2.45) is 0 Å². The van der Waals surface area contributed by atoms with Gasteiger partial charge >= 0.3 is 6.09 Å². The van der Waals surface area contributed by atoms with Crippen LogP contribution >= 0.6 is 11.3 Å². The molecule has 4 rings (SSSR count). The molecule has 9 heteroatoms. The van der Waals surface area contributed by atoms with Crippen molar-refractivity contribution in [3.05, 3.63) is 71.7 Å². The molecule has 2 amide bonds. The molecule has 0 saturated carbocycles. The molecular formula is C22H17FN4O3S. The van der Waals surface area contributed by atoms with E-state index in [4.69, 9.17) is 0 Å². The monoisotopic (exact) mass is 436 g/mol. The van der Waals surface area contributed by atoms with Crippen LogP contribution in [0.25, 0.3) is 21.2 Å². The van der Waals surface area contributed by atoms with E-state index >= 15 is 0 Å². The van der Waals surface area contributed by atoms with Crippen LogP contribution in [0.3, 0.4) is 0 Å². The summed E-state index contributed by atoms with van der Waals surface area (Å²) in [5.74, 6) is -0.198. The molecule has 31 heavy (non-hydrogen) atoms. The molecule has 0 unspecified atom stereocenters. The van der Waals surface area contributed by atoms with Gasteiger partial charge in [0.2, 0.25) is 0 Å². The second kappa shape index (κ2) is 8.49. The van der Waals surface area contributed by atoms with Gasteiger partial charge in [-0.25, -0.2) is 14.2 Å². The van der Waals surface area contributed by atoms with Crippen LogP contribution in [0, 0.1) is 5.82 Å². The van der Waals surface area contributed by atoms with Gasteiger partial charge in [-0.05, 0) is 42.5 Å². The van der Waals surface area contributed by atoms with Crippen LogP contribution in [0.5, 0.6) is 0 Å². The van der Waals surface area contributed by atoms with Gasteiger partial charge in [-0.2, -0.15) is 0 Å². The zero-order valence-corrected chi connectivity index (χ0v) is 17.4. The number of hydrogen-bond acceptors (Lipinski definition) is 6. The Morgan fingerprint density at radius 1 is 1.10 bits per heavy atom. The molecular weight excluding hydrogens is 419 g/mol. The first kappa shape index (κ1) is 20.4. The van der Waals surface area contributed by atoms with Gasteiger partial charge in [0.1, 0.15) is 11.6 Å². The lowest BCUT2D eigenvalue weighted by atomic mass is 10.1. The van der Waals surface area contributed by atoms with Gasteiger partial charge in [-0.15, -0.1) is 11.3 Å². The molecule has 0 radical (unpaired) electrons. The molecule has 0 spiro atoms. The Labute approximate surface area is 181 Å². The Morgan fingerprint density at radius 2 is 1.87 bits per heavy atom. The van der Waals surface area contributed by atoms with Crippen molar-refractivity contribution in [1.82, 2.24) is 9.97 Å². The largest absolute Gasteiger partial charge is 0.453 e. The predicted octanol–water partition coefficient (Wildman–Crippen LogP) is 4.95. The van der Waals surface area contributed by atoms with Crippen molar-refractivity contribution in [2.45, 2.75) is 0 Å². The maximum atomic E-state index is 13.2. The fraction of sp³-hybridized carbons (Fsp3) is 0.0909. The van der Waals surface area contributed by atoms with Crippen LogP contribution in [0.2, 0.25) is 0 Å². The zero-order chi connectivity index (χ0) is 22.0. The van der Waals surface area contributed by atoms with Crippen LogP contribution in [0.15, 0.2) is 61.1 Å². The molecule has 0 atom stereocenters. The van der Waals surface area contributed by atoms with Gasteiger partial charge in [0, 0.05) is 47.8 Å². The SMILES string of the molecule is COC(=O)Nc1ccc(-c2cncc3sc(C(=O)N(C)c4ccc(F)cc4)cc23)cn1. The number of amides is 2. The molecule has 7 nitrogen and oxygen atoms in total. The van der Waals surface area contributed by atoms with Crippen molar-refractivity contribution < 1.29 is 18.7 Å². The van der Waals surface area contributed by atoms with E-state index in [9.17, 15) is 14.0 Å². The van der Waals surface area contributed by atoms with Crippen LogP contribution in [0.4, 0.5) is 20.7 Å². The second-order valence-electron chi connectivity index (χ2n) is 6.60. The first-order valence-corrected chi connectivity index (χ1v) is 10.0. The summed E-state index contributed by atoms with van der Waals surface area (Å²) in [6.07, 6.45) is 4.43. The number of halogens is 1. The fourth-order valence-electron chi connectivity index (χ4n) is 3.03. The summed E-state index contributed by atoms with van der Waals surface area (Å²) in [6, 6.07) is 11.0. The van der Waals surface area contributed by atoms with E-state index in [1.807, 2.05) is 6.07 Å². The summed E-state index contributed by atoms with van der Waals surface area (Å²) < 4.78 is 18.6. The standard InChI is InChI=1S/C22H17FN4O3S/c1-27(15-6-4-14(23)5-7-15)21(28)18-9-16-17(11-24-12-19(16)31-18)13-3-8-20(25-10-13)26-22(29)30-2/h3-12H,1-2H3,(H,25,26,29). The Morgan fingerprint density at radius 3 is 2.55 bits per heavy atom. The molecule has 0 fully saturated rings. The second-order valence-corrected chi connectivity index (χ2v) is 7.68. The van der Waals surface area contributed by atoms with Gasteiger partial charge < -0.3 is 9.64 Å². The molecule has 1 N–H and O–H groups in total. The van der Waals surface area contributed by atoms with E-state index in [1.54, 1.807) is 49.9 Å². The summed E-state index contributed by atoms with van der Waals surface area (Å²) in [4.78, 5) is 34.8. The molecule has 0 bridgehead atoms. The van der Waals surface area contributed by atoms with Gasteiger partial charge in [-0.3, -0.25) is 15.1 Å².